The van der Waals surface area contributed by atoms with Gasteiger partial charge in [0.25, 0.3) is 0 Å². The van der Waals surface area contributed by atoms with Gasteiger partial charge in [-0.3, -0.25) is 0 Å². The molecule has 2 N–H and O–H groups in total. The van der Waals surface area contributed by atoms with Crippen LogP contribution in [0.2, 0.25) is 0 Å². The number of fused-ring (bicyclic) bond motifs is 1. The number of sulfonamides is 1. The molecule has 0 radical (unpaired) electrons. The van der Waals surface area contributed by atoms with Crippen molar-refractivity contribution in [1.82, 2.24) is 14.5 Å². The second-order valence-corrected chi connectivity index (χ2v) is 7.94. The summed E-state index contributed by atoms with van der Waals surface area (Å²) in [6, 6.07) is 12.7. The molecule has 0 aliphatic rings. The van der Waals surface area contributed by atoms with Gasteiger partial charge < -0.3 is 5.73 Å². The minimum Gasteiger partial charge on any atom is -0.374 e. The van der Waals surface area contributed by atoms with Gasteiger partial charge in [-0.1, -0.05) is 41.7 Å². The molecular weight excluding hydrogens is 320 g/mol. The Kier molecular flexibility index (Phi) is 3.81. The Labute approximate surface area is 132 Å². The highest BCUT2D eigenvalue weighted by Gasteiger charge is 2.22. The van der Waals surface area contributed by atoms with E-state index in [0.717, 1.165) is 10.8 Å². The summed E-state index contributed by atoms with van der Waals surface area (Å²) in [6.07, 6.45) is 0. The average molecular weight is 334 g/mol. The van der Waals surface area contributed by atoms with Crippen LogP contribution in [-0.2, 0) is 16.6 Å². The first-order chi connectivity index (χ1) is 10.5. The zero-order chi connectivity index (χ0) is 15.7. The molecule has 0 aliphatic carbocycles. The molecule has 0 spiro atoms. The number of hydrogen-bond donors (Lipinski definition) is 1. The van der Waals surface area contributed by atoms with Crippen molar-refractivity contribution in [3.05, 3.63) is 47.5 Å². The second kappa shape index (κ2) is 5.64. The maximum absolute atomic E-state index is 12.6. The number of hydrogen-bond acceptors (Lipinski definition) is 6. The summed E-state index contributed by atoms with van der Waals surface area (Å²) in [5.74, 6) is 0. The van der Waals surface area contributed by atoms with E-state index in [0.29, 0.717) is 10.1 Å². The first-order valence-corrected chi connectivity index (χ1v) is 8.75. The third kappa shape index (κ3) is 2.80. The number of benzene rings is 2. The molecule has 1 aromatic heterocycles. The quantitative estimate of drug-likeness (QED) is 0.789. The summed E-state index contributed by atoms with van der Waals surface area (Å²) in [7, 11) is -2.07. The minimum absolute atomic E-state index is 0.143. The third-order valence-corrected chi connectivity index (χ3v) is 5.81. The molecule has 114 valence electrons. The number of rotatable bonds is 4. The number of aromatic nitrogens is 2. The standard InChI is InChI=1S/C14H14N4O2S2/c1-18(9-13-16-17-14(15)21-13)22(19,20)12-7-6-10-4-2-3-5-11(10)8-12/h2-8H,9H2,1H3,(H2,15,17). The van der Waals surface area contributed by atoms with Gasteiger partial charge in [-0.05, 0) is 22.9 Å². The van der Waals surface area contributed by atoms with Crippen LogP contribution in [0.25, 0.3) is 10.8 Å². The van der Waals surface area contributed by atoms with Crippen LogP contribution in [0, 0.1) is 0 Å². The lowest BCUT2D eigenvalue weighted by molar-refractivity contribution is 0.465. The minimum atomic E-state index is -3.59. The van der Waals surface area contributed by atoms with E-state index < -0.39 is 10.0 Å². The van der Waals surface area contributed by atoms with Crippen LogP contribution in [0.3, 0.4) is 0 Å². The van der Waals surface area contributed by atoms with E-state index in [9.17, 15) is 8.42 Å². The van der Waals surface area contributed by atoms with E-state index in [1.54, 1.807) is 18.2 Å². The highest BCUT2D eigenvalue weighted by molar-refractivity contribution is 7.89. The van der Waals surface area contributed by atoms with Gasteiger partial charge in [-0.15, -0.1) is 10.2 Å². The van der Waals surface area contributed by atoms with Gasteiger partial charge in [0.1, 0.15) is 5.01 Å². The zero-order valence-electron chi connectivity index (χ0n) is 11.8. The molecule has 0 atom stereocenters. The zero-order valence-corrected chi connectivity index (χ0v) is 13.4. The molecule has 0 saturated carbocycles. The van der Waals surface area contributed by atoms with Crippen molar-refractivity contribution in [3.8, 4) is 0 Å². The Bertz CT molecular complexity index is 921. The van der Waals surface area contributed by atoms with E-state index in [2.05, 4.69) is 10.2 Å². The number of nitrogen functional groups attached to an aromatic ring is 1. The molecule has 6 nitrogen and oxygen atoms in total. The van der Waals surface area contributed by atoms with E-state index in [1.165, 1.54) is 22.7 Å². The average Bonchev–Trinajstić information content (AvgIpc) is 2.91. The van der Waals surface area contributed by atoms with Crippen molar-refractivity contribution in [1.29, 1.82) is 0 Å². The van der Waals surface area contributed by atoms with E-state index in [-0.39, 0.29) is 11.4 Å². The molecule has 2 aromatic carbocycles. The molecule has 0 saturated heterocycles. The van der Waals surface area contributed by atoms with Crippen LogP contribution in [0.4, 0.5) is 5.13 Å². The monoisotopic (exact) mass is 334 g/mol. The van der Waals surface area contributed by atoms with Crippen molar-refractivity contribution in [3.63, 3.8) is 0 Å². The molecule has 8 heteroatoms. The Morgan fingerprint density at radius 1 is 1.14 bits per heavy atom. The molecular formula is C14H14N4O2S2. The number of anilines is 1. The molecule has 0 amide bonds. The lowest BCUT2D eigenvalue weighted by Gasteiger charge is -2.16. The van der Waals surface area contributed by atoms with E-state index in [1.807, 2.05) is 24.3 Å². The molecule has 22 heavy (non-hydrogen) atoms. The van der Waals surface area contributed by atoms with Gasteiger partial charge >= 0.3 is 0 Å². The van der Waals surface area contributed by atoms with Crippen LogP contribution < -0.4 is 5.73 Å². The smallest absolute Gasteiger partial charge is 0.243 e. The summed E-state index contributed by atoms with van der Waals surface area (Å²) >= 11 is 1.18. The SMILES string of the molecule is CN(Cc1nnc(N)s1)S(=O)(=O)c1ccc2ccccc2c1. The molecule has 3 aromatic rings. The number of nitrogens with two attached hydrogens (primary N) is 1. The predicted molar refractivity (Wildman–Crippen MR) is 86.9 cm³/mol. The maximum atomic E-state index is 12.6. The van der Waals surface area contributed by atoms with Crippen LogP contribution in [0.15, 0.2) is 47.4 Å². The second-order valence-electron chi connectivity index (χ2n) is 4.80. The van der Waals surface area contributed by atoms with E-state index in [4.69, 9.17) is 5.73 Å². The molecule has 0 aliphatic heterocycles. The van der Waals surface area contributed by atoms with Gasteiger partial charge in [-0.25, -0.2) is 8.42 Å². The fraction of sp³-hybridized carbons (Fsp3) is 0.143. The highest BCUT2D eigenvalue weighted by atomic mass is 32.2. The highest BCUT2D eigenvalue weighted by Crippen LogP contribution is 2.23. The molecule has 1 heterocycles. The molecule has 0 bridgehead atoms. The summed E-state index contributed by atoms with van der Waals surface area (Å²) < 4.78 is 26.5. The Morgan fingerprint density at radius 2 is 1.86 bits per heavy atom. The van der Waals surface area contributed by atoms with Crippen molar-refractivity contribution >= 4 is 37.3 Å². The van der Waals surface area contributed by atoms with Crippen molar-refractivity contribution in [2.45, 2.75) is 11.4 Å². The van der Waals surface area contributed by atoms with E-state index >= 15 is 0 Å². The fourth-order valence-corrected chi connectivity index (χ4v) is 4.03. The Balaban J connectivity index is 1.92. The van der Waals surface area contributed by atoms with Gasteiger partial charge in [0.2, 0.25) is 15.2 Å². The van der Waals surface area contributed by atoms with Crippen LogP contribution >= 0.6 is 11.3 Å². The lowest BCUT2D eigenvalue weighted by Crippen LogP contribution is -2.26. The largest absolute Gasteiger partial charge is 0.374 e. The normalized spacial score (nSPS) is 12.1. The Morgan fingerprint density at radius 3 is 2.55 bits per heavy atom. The van der Waals surface area contributed by atoms with Gasteiger partial charge in [0.15, 0.2) is 0 Å². The van der Waals surface area contributed by atoms with Crippen LogP contribution in [0.5, 0.6) is 0 Å². The number of nitrogens with zero attached hydrogens (tertiary/aromatic N) is 3. The van der Waals surface area contributed by atoms with Gasteiger partial charge in [0, 0.05) is 7.05 Å². The van der Waals surface area contributed by atoms with Crippen molar-refractivity contribution in [2.75, 3.05) is 12.8 Å². The van der Waals surface area contributed by atoms with Crippen molar-refractivity contribution in [2.24, 2.45) is 0 Å². The van der Waals surface area contributed by atoms with Gasteiger partial charge in [-0.2, -0.15) is 4.31 Å². The van der Waals surface area contributed by atoms with Crippen LogP contribution in [0.1, 0.15) is 5.01 Å². The van der Waals surface area contributed by atoms with Gasteiger partial charge in [0.05, 0.1) is 11.4 Å². The van der Waals surface area contributed by atoms with Crippen molar-refractivity contribution < 1.29 is 8.42 Å². The summed E-state index contributed by atoms with van der Waals surface area (Å²) in [5, 5.41) is 10.3. The van der Waals surface area contributed by atoms with Crippen LogP contribution in [-0.4, -0.2) is 30.0 Å². The lowest BCUT2D eigenvalue weighted by atomic mass is 10.1. The molecule has 3 rings (SSSR count). The first-order valence-electron chi connectivity index (χ1n) is 6.50. The first kappa shape index (κ1) is 14.9. The Hall–Kier alpha value is -2.03. The maximum Gasteiger partial charge on any atom is 0.243 e. The summed E-state index contributed by atoms with van der Waals surface area (Å²) in [5.41, 5.74) is 5.51. The summed E-state index contributed by atoms with van der Waals surface area (Å²) in [6.45, 7) is 0.143. The fourth-order valence-electron chi connectivity index (χ4n) is 2.11. The molecule has 0 unspecified atom stereocenters. The predicted octanol–water partition coefficient (Wildman–Crippen LogP) is 2.09. The molecule has 0 fully saturated rings. The topological polar surface area (TPSA) is 89.2 Å². The summed E-state index contributed by atoms with van der Waals surface area (Å²) in [4.78, 5) is 0.256. The third-order valence-electron chi connectivity index (χ3n) is 3.27.